The molecule has 1 N–H and O–H groups in total. The van der Waals surface area contributed by atoms with E-state index in [2.05, 4.69) is 41.7 Å². The summed E-state index contributed by atoms with van der Waals surface area (Å²) in [7, 11) is 0. The van der Waals surface area contributed by atoms with Crippen molar-refractivity contribution in [1.82, 2.24) is 0 Å². The molecule has 0 radical (unpaired) electrons. The molecule has 2 unspecified atom stereocenters. The Morgan fingerprint density at radius 1 is 1.21 bits per heavy atom. The van der Waals surface area contributed by atoms with Gasteiger partial charge in [0.05, 0.1) is 25.0 Å². The lowest BCUT2D eigenvalue weighted by molar-refractivity contribution is -0.143. The molecule has 0 bridgehead atoms. The number of carbonyl (C=O) groups is 1. The molecule has 1 aliphatic heterocycles. The van der Waals surface area contributed by atoms with E-state index in [0.717, 1.165) is 34.0 Å². The van der Waals surface area contributed by atoms with Crippen LogP contribution in [0.15, 0.2) is 60.7 Å². The standard InChI is InChI=1S/C24H22N2O2/c1-2-28-24(27)14-19-12-18-11-10-17(13-23(18)26-19)22(15-25)21-9-5-7-16-6-3-4-8-20(16)21/h3-11,13,19,22,26H,2,12,14H2,1H3. The largest absolute Gasteiger partial charge is 0.466 e. The number of benzene rings is 3. The highest BCUT2D eigenvalue weighted by molar-refractivity contribution is 5.87. The van der Waals surface area contributed by atoms with Gasteiger partial charge in [-0.2, -0.15) is 5.26 Å². The summed E-state index contributed by atoms with van der Waals surface area (Å²) in [6.45, 7) is 2.22. The van der Waals surface area contributed by atoms with Gasteiger partial charge in [-0.3, -0.25) is 4.79 Å². The van der Waals surface area contributed by atoms with E-state index in [9.17, 15) is 10.1 Å². The summed E-state index contributed by atoms with van der Waals surface area (Å²) >= 11 is 0. The fourth-order valence-corrected chi connectivity index (χ4v) is 3.99. The third-order valence-electron chi connectivity index (χ3n) is 5.28. The first-order chi connectivity index (χ1) is 13.7. The molecule has 4 rings (SSSR count). The van der Waals surface area contributed by atoms with Gasteiger partial charge >= 0.3 is 5.97 Å². The number of esters is 1. The Morgan fingerprint density at radius 3 is 2.86 bits per heavy atom. The molecule has 0 fully saturated rings. The van der Waals surface area contributed by atoms with Crippen molar-refractivity contribution in [1.29, 1.82) is 5.26 Å². The van der Waals surface area contributed by atoms with E-state index in [-0.39, 0.29) is 17.9 Å². The molecule has 4 heteroatoms. The van der Waals surface area contributed by atoms with Crippen molar-refractivity contribution in [3.63, 3.8) is 0 Å². The van der Waals surface area contributed by atoms with Crippen molar-refractivity contribution in [2.75, 3.05) is 11.9 Å². The second-order valence-electron chi connectivity index (χ2n) is 7.10. The third-order valence-corrected chi connectivity index (χ3v) is 5.28. The molecule has 0 spiro atoms. The average molecular weight is 370 g/mol. The van der Waals surface area contributed by atoms with E-state index in [4.69, 9.17) is 4.74 Å². The van der Waals surface area contributed by atoms with Gasteiger partial charge < -0.3 is 10.1 Å². The number of fused-ring (bicyclic) bond motifs is 2. The Morgan fingerprint density at radius 2 is 2.04 bits per heavy atom. The second-order valence-corrected chi connectivity index (χ2v) is 7.10. The number of anilines is 1. The number of nitriles is 1. The van der Waals surface area contributed by atoms with Crippen LogP contribution in [0, 0.1) is 11.3 Å². The van der Waals surface area contributed by atoms with Gasteiger partial charge in [0, 0.05) is 11.7 Å². The van der Waals surface area contributed by atoms with Crippen LogP contribution < -0.4 is 5.32 Å². The molecule has 0 saturated heterocycles. The zero-order valence-corrected chi connectivity index (χ0v) is 15.8. The Labute approximate surface area is 164 Å². The van der Waals surface area contributed by atoms with Crippen LogP contribution in [0.4, 0.5) is 5.69 Å². The molecule has 3 aromatic rings. The molecule has 0 aliphatic carbocycles. The molecule has 0 saturated carbocycles. The predicted octanol–water partition coefficient (Wildman–Crippen LogP) is 4.79. The predicted molar refractivity (Wildman–Crippen MR) is 110 cm³/mol. The molecule has 140 valence electrons. The Bertz CT molecular complexity index is 1060. The van der Waals surface area contributed by atoms with Crippen LogP contribution >= 0.6 is 0 Å². The highest BCUT2D eigenvalue weighted by Crippen LogP contribution is 2.35. The summed E-state index contributed by atoms with van der Waals surface area (Å²) in [5.74, 6) is -0.527. The highest BCUT2D eigenvalue weighted by atomic mass is 16.5. The first-order valence-electron chi connectivity index (χ1n) is 9.62. The average Bonchev–Trinajstić information content (AvgIpc) is 3.10. The zero-order valence-electron chi connectivity index (χ0n) is 15.8. The highest BCUT2D eigenvalue weighted by Gasteiger charge is 2.25. The van der Waals surface area contributed by atoms with Crippen LogP contribution in [0.5, 0.6) is 0 Å². The van der Waals surface area contributed by atoms with Crippen molar-refractivity contribution >= 4 is 22.4 Å². The minimum absolute atomic E-state index is 0.0439. The Hall–Kier alpha value is -3.32. The van der Waals surface area contributed by atoms with Gasteiger partial charge in [0.1, 0.15) is 0 Å². The van der Waals surface area contributed by atoms with Crippen molar-refractivity contribution in [3.05, 3.63) is 77.4 Å². The van der Waals surface area contributed by atoms with Crippen LogP contribution in [-0.4, -0.2) is 18.6 Å². The summed E-state index contributed by atoms with van der Waals surface area (Å²) in [4.78, 5) is 11.8. The fraction of sp³-hybridized carbons (Fsp3) is 0.250. The second kappa shape index (κ2) is 7.74. The molecule has 0 amide bonds. The van der Waals surface area contributed by atoms with Crippen molar-refractivity contribution in [2.24, 2.45) is 0 Å². The van der Waals surface area contributed by atoms with Gasteiger partial charge in [-0.1, -0.05) is 54.6 Å². The summed E-state index contributed by atoms with van der Waals surface area (Å²) in [5, 5.41) is 15.6. The smallest absolute Gasteiger partial charge is 0.307 e. The van der Waals surface area contributed by atoms with Crippen LogP contribution in [0.2, 0.25) is 0 Å². The lowest BCUT2D eigenvalue weighted by Gasteiger charge is -2.14. The van der Waals surface area contributed by atoms with Crippen LogP contribution in [0.25, 0.3) is 10.8 Å². The van der Waals surface area contributed by atoms with E-state index >= 15 is 0 Å². The number of rotatable bonds is 5. The molecule has 0 aromatic heterocycles. The summed E-state index contributed by atoms with van der Waals surface area (Å²) in [6.07, 6.45) is 1.14. The van der Waals surface area contributed by atoms with Crippen molar-refractivity contribution in [3.8, 4) is 6.07 Å². The SMILES string of the molecule is CCOC(=O)CC1Cc2ccc(C(C#N)c3cccc4ccccc34)cc2N1. The summed E-state index contributed by atoms with van der Waals surface area (Å²) in [6, 6.07) is 22.9. The number of nitrogens with zero attached hydrogens (tertiary/aromatic N) is 1. The first kappa shape index (κ1) is 18.1. The minimum atomic E-state index is -0.345. The molecular formula is C24H22N2O2. The number of hydrogen-bond acceptors (Lipinski definition) is 4. The quantitative estimate of drug-likeness (QED) is 0.656. The lowest BCUT2D eigenvalue weighted by atomic mass is 9.88. The normalized spacial score (nSPS) is 16.1. The topological polar surface area (TPSA) is 62.1 Å². The number of nitrogens with one attached hydrogen (secondary N) is 1. The van der Waals surface area contributed by atoms with E-state index in [0.29, 0.717) is 13.0 Å². The molecule has 3 aromatic carbocycles. The number of hydrogen-bond donors (Lipinski definition) is 1. The molecule has 4 nitrogen and oxygen atoms in total. The molecular weight excluding hydrogens is 348 g/mol. The van der Waals surface area contributed by atoms with Gasteiger partial charge in [-0.15, -0.1) is 0 Å². The summed E-state index contributed by atoms with van der Waals surface area (Å²) < 4.78 is 5.06. The van der Waals surface area contributed by atoms with Gasteiger partial charge in [-0.25, -0.2) is 0 Å². The molecule has 2 atom stereocenters. The minimum Gasteiger partial charge on any atom is -0.466 e. The number of carbonyl (C=O) groups excluding carboxylic acids is 1. The Kier molecular flexibility index (Phi) is 4.99. The molecule has 1 aliphatic rings. The van der Waals surface area contributed by atoms with E-state index in [1.54, 1.807) is 0 Å². The lowest BCUT2D eigenvalue weighted by Crippen LogP contribution is -2.21. The van der Waals surface area contributed by atoms with Gasteiger partial charge in [0.2, 0.25) is 0 Å². The van der Waals surface area contributed by atoms with Gasteiger partial charge in [0.25, 0.3) is 0 Å². The van der Waals surface area contributed by atoms with E-state index < -0.39 is 0 Å². The maximum absolute atomic E-state index is 11.8. The summed E-state index contributed by atoms with van der Waals surface area (Å²) in [5.41, 5.74) is 4.16. The van der Waals surface area contributed by atoms with Crippen LogP contribution in [-0.2, 0) is 16.0 Å². The maximum Gasteiger partial charge on any atom is 0.307 e. The maximum atomic E-state index is 11.8. The van der Waals surface area contributed by atoms with Crippen molar-refractivity contribution < 1.29 is 9.53 Å². The van der Waals surface area contributed by atoms with Crippen molar-refractivity contribution in [2.45, 2.75) is 31.7 Å². The van der Waals surface area contributed by atoms with Gasteiger partial charge in [-0.05, 0) is 46.9 Å². The van der Waals surface area contributed by atoms with Crippen LogP contribution in [0.3, 0.4) is 0 Å². The number of ether oxygens (including phenoxy) is 1. The van der Waals surface area contributed by atoms with Crippen LogP contribution in [0.1, 0.15) is 36.0 Å². The first-order valence-corrected chi connectivity index (χ1v) is 9.62. The fourth-order valence-electron chi connectivity index (χ4n) is 3.99. The molecule has 28 heavy (non-hydrogen) atoms. The monoisotopic (exact) mass is 370 g/mol. The third kappa shape index (κ3) is 3.44. The van der Waals surface area contributed by atoms with E-state index in [1.165, 1.54) is 5.56 Å². The molecule has 1 heterocycles. The van der Waals surface area contributed by atoms with E-state index in [1.807, 2.05) is 37.3 Å². The Balaban J connectivity index is 1.62. The van der Waals surface area contributed by atoms with Gasteiger partial charge in [0.15, 0.2) is 0 Å². The zero-order chi connectivity index (χ0) is 19.5.